The number of likely N-dealkylation sites (N-methyl/N-ethyl adjacent to an activating group) is 1. The summed E-state index contributed by atoms with van der Waals surface area (Å²) >= 11 is 0. The van der Waals surface area contributed by atoms with Gasteiger partial charge in [0.05, 0.1) is 25.9 Å². The predicted molar refractivity (Wildman–Crippen MR) is 79.1 cm³/mol. The Morgan fingerprint density at radius 3 is 2.75 bits per heavy atom. The molecule has 0 aliphatic rings. The van der Waals surface area contributed by atoms with Gasteiger partial charge in [0.25, 0.3) is 5.91 Å². The molecule has 1 aromatic carbocycles. The first kappa shape index (κ1) is 16.3. The van der Waals surface area contributed by atoms with E-state index < -0.39 is 0 Å². The van der Waals surface area contributed by atoms with Crippen LogP contribution >= 0.6 is 0 Å². The second-order valence-corrected chi connectivity index (χ2v) is 4.62. The number of nitrogens with one attached hydrogen (secondary N) is 1. The maximum absolute atomic E-state index is 12.0. The van der Waals surface area contributed by atoms with E-state index in [0.717, 1.165) is 6.54 Å². The molecule has 0 unspecified atom stereocenters. The van der Waals surface area contributed by atoms with Gasteiger partial charge in [-0.05, 0) is 32.3 Å². The Morgan fingerprint density at radius 2 is 2.10 bits per heavy atom. The number of ether oxygens (including phenoxy) is 2. The molecule has 0 saturated heterocycles. The lowest BCUT2D eigenvalue weighted by Gasteiger charge is -2.11. The second kappa shape index (κ2) is 8.39. The van der Waals surface area contributed by atoms with Crippen molar-refractivity contribution < 1.29 is 14.3 Å². The number of hydrogen-bond acceptors (Lipinski definition) is 5. The van der Waals surface area contributed by atoms with Crippen molar-refractivity contribution in [2.75, 3.05) is 53.2 Å². The van der Waals surface area contributed by atoms with Gasteiger partial charge in [0.15, 0.2) is 0 Å². The van der Waals surface area contributed by atoms with Crippen molar-refractivity contribution in [1.29, 1.82) is 0 Å². The molecule has 0 spiro atoms. The highest BCUT2D eigenvalue weighted by Gasteiger charge is 2.10. The number of nitrogens with two attached hydrogens (primary N) is 1. The molecule has 1 amide bonds. The van der Waals surface area contributed by atoms with E-state index in [1.165, 1.54) is 0 Å². The van der Waals surface area contributed by atoms with Gasteiger partial charge in [-0.15, -0.1) is 0 Å². The van der Waals surface area contributed by atoms with E-state index in [1.807, 2.05) is 19.0 Å². The smallest absolute Gasteiger partial charge is 0.253 e. The van der Waals surface area contributed by atoms with Crippen LogP contribution in [0.1, 0.15) is 10.4 Å². The molecule has 0 bridgehead atoms. The van der Waals surface area contributed by atoms with Crippen LogP contribution in [0.2, 0.25) is 0 Å². The highest BCUT2D eigenvalue weighted by Crippen LogP contribution is 2.19. The number of rotatable bonds is 8. The Morgan fingerprint density at radius 1 is 1.35 bits per heavy atom. The molecule has 6 heteroatoms. The Hall–Kier alpha value is -1.79. The van der Waals surface area contributed by atoms with Crippen molar-refractivity contribution in [3.05, 3.63) is 23.8 Å². The average Bonchev–Trinajstić information content (AvgIpc) is 2.42. The fourth-order valence-corrected chi connectivity index (χ4v) is 1.54. The average molecular weight is 281 g/mol. The molecule has 0 saturated carbocycles. The molecule has 0 aromatic heterocycles. The van der Waals surface area contributed by atoms with Gasteiger partial charge in [-0.2, -0.15) is 0 Å². The summed E-state index contributed by atoms with van der Waals surface area (Å²) in [6.07, 6.45) is 0. The second-order valence-electron chi connectivity index (χ2n) is 4.62. The van der Waals surface area contributed by atoms with Gasteiger partial charge in [-0.25, -0.2) is 0 Å². The highest BCUT2D eigenvalue weighted by molar-refractivity contribution is 5.99. The third-order valence-corrected chi connectivity index (χ3v) is 2.72. The number of anilines is 1. The van der Waals surface area contributed by atoms with E-state index in [2.05, 4.69) is 5.32 Å². The van der Waals surface area contributed by atoms with Gasteiger partial charge in [0.1, 0.15) is 5.75 Å². The summed E-state index contributed by atoms with van der Waals surface area (Å²) in [5.41, 5.74) is 6.62. The molecule has 0 heterocycles. The van der Waals surface area contributed by atoms with Crippen LogP contribution < -0.4 is 15.8 Å². The van der Waals surface area contributed by atoms with Gasteiger partial charge in [0, 0.05) is 18.8 Å². The fraction of sp³-hybridized carbons (Fsp3) is 0.500. The molecule has 0 fully saturated rings. The number of amides is 1. The van der Waals surface area contributed by atoms with Crippen LogP contribution in [0.4, 0.5) is 5.69 Å². The molecule has 20 heavy (non-hydrogen) atoms. The minimum atomic E-state index is -0.224. The standard InChI is InChI=1S/C14H23N3O3/c1-17(2)7-9-20-8-6-16-14(18)12-10-11(19-3)4-5-13(12)15/h4-5,10H,6-9,15H2,1-3H3,(H,16,18). The molecule has 3 N–H and O–H groups in total. The van der Waals surface area contributed by atoms with Crippen LogP contribution in [0.3, 0.4) is 0 Å². The molecule has 1 rings (SSSR count). The third-order valence-electron chi connectivity index (χ3n) is 2.72. The number of hydrogen-bond donors (Lipinski definition) is 2. The van der Waals surface area contributed by atoms with E-state index in [-0.39, 0.29) is 5.91 Å². The molecule has 0 aliphatic heterocycles. The van der Waals surface area contributed by atoms with Gasteiger partial charge in [-0.3, -0.25) is 4.79 Å². The number of benzene rings is 1. The zero-order chi connectivity index (χ0) is 15.0. The molecule has 0 radical (unpaired) electrons. The van der Waals surface area contributed by atoms with Crippen molar-refractivity contribution in [1.82, 2.24) is 10.2 Å². The minimum absolute atomic E-state index is 0.224. The van der Waals surface area contributed by atoms with Crippen LogP contribution in [-0.4, -0.2) is 58.3 Å². The van der Waals surface area contributed by atoms with Gasteiger partial charge < -0.3 is 25.4 Å². The van der Waals surface area contributed by atoms with E-state index in [0.29, 0.717) is 36.8 Å². The Labute approximate surface area is 119 Å². The van der Waals surface area contributed by atoms with Crippen molar-refractivity contribution in [2.24, 2.45) is 0 Å². The minimum Gasteiger partial charge on any atom is -0.497 e. The van der Waals surface area contributed by atoms with Crippen LogP contribution in [-0.2, 0) is 4.74 Å². The van der Waals surface area contributed by atoms with Gasteiger partial charge in [0.2, 0.25) is 0 Å². The maximum Gasteiger partial charge on any atom is 0.253 e. The molecule has 1 aromatic rings. The SMILES string of the molecule is COc1ccc(N)c(C(=O)NCCOCCN(C)C)c1. The van der Waals surface area contributed by atoms with Crippen LogP contribution in [0.25, 0.3) is 0 Å². The maximum atomic E-state index is 12.0. The molecule has 112 valence electrons. The number of methoxy groups -OCH3 is 1. The number of nitrogens with zero attached hydrogens (tertiary/aromatic N) is 1. The molecular formula is C14H23N3O3. The molecule has 6 nitrogen and oxygen atoms in total. The summed E-state index contributed by atoms with van der Waals surface area (Å²) < 4.78 is 10.5. The third kappa shape index (κ3) is 5.46. The fourth-order valence-electron chi connectivity index (χ4n) is 1.54. The number of carbonyl (C=O) groups is 1. The monoisotopic (exact) mass is 281 g/mol. The quantitative estimate of drug-likeness (QED) is 0.538. The van der Waals surface area contributed by atoms with Crippen LogP contribution in [0.5, 0.6) is 5.75 Å². The lowest BCUT2D eigenvalue weighted by Crippen LogP contribution is -2.29. The summed E-state index contributed by atoms with van der Waals surface area (Å²) in [7, 11) is 5.51. The first-order valence-electron chi connectivity index (χ1n) is 6.48. The summed E-state index contributed by atoms with van der Waals surface area (Å²) in [5, 5.41) is 2.77. The summed E-state index contributed by atoms with van der Waals surface area (Å²) in [5.74, 6) is 0.379. The lowest BCUT2D eigenvalue weighted by molar-refractivity contribution is 0.0901. The molecule has 0 atom stereocenters. The Kier molecular flexibility index (Phi) is 6.83. The van der Waals surface area contributed by atoms with E-state index in [9.17, 15) is 4.79 Å². The number of nitrogen functional groups attached to an aromatic ring is 1. The van der Waals surface area contributed by atoms with Gasteiger partial charge >= 0.3 is 0 Å². The summed E-state index contributed by atoms with van der Waals surface area (Å²) in [6.45, 7) is 2.42. The first-order chi connectivity index (χ1) is 9.54. The van der Waals surface area contributed by atoms with E-state index in [1.54, 1.807) is 25.3 Å². The van der Waals surface area contributed by atoms with E-state index >= 15 is 0 Å². The van der Waals surface area contributed by atoms with Crippen LogP contribution in [0, 0.1) is 0 Å². The largest absolute Gasteiger partial charge is 0.497 e. The van der Waals surface area contributed by atoms with Crippen LogP contribution in [0.15, 0.2) is 18.2 Å². The molecular weight excluding hydrogens is 258 g/mol. The molecule has 0 aliphatic carbocycles. The van der Waals surface area contributed by atoms with Crippen molar-refractivity contribution in [2.45, 2.75) is 0 Å². The summed E-state index contributed by atoms with van der Waals surface area (Å²) in [4.78, 5) is 14.0. The normalized spacial score (nSPS) is 10.6. The van der Waals surface area contributed by atoms with E-state index in [4.69, 9.17) is 15.2 Å². The topological polar surface area (TPSA) is 76.8 Å². The lowest BCUT2D eigenvalue weighted by atomic mass is 10.1. The van der Waals surface area contributed by atoms with Crippen molar-refractivity contribution >= 4 is 11.6 Å². The first-order valence-corrected chi connectivity index (χ1v) is 6.48. The Balaban J connectivity index is 2.36. The summed E-state index contributed by atoms with van der Waals surface area (Å²) in [6, 6.07) is 5.00. The van der Waals surface area contributed by atoms with Crippen molar-refractivity contribution in [3.63, 3.8) is 0 Å². The van der Waals surface area contributed by atoms with Gasteiger partial charge in [-0.1, -0.05) is 0 Å². The zero-order valence-electron chi connectivity index (χ0n) is 12.3. The zero-order valence-corrected chi connectivity index (χ0v) is 12.3. The highest BCUT2D eigenvalue weighted by atomic mass is 16.5. The Bertz CT molecular complexity index is 436. The predicted octanol–water partition coefficient (Wildman–Crippen LogP) is 0.585. The number of carbonyl (C=O) groups excluding carboxylic acids is 1. The van der Waals surface area contributed by atoms with Crippen molar-refractivity contribution in [3.8, 4) is 5.75 Å².